The van der Waals surface area contributed by atoms with Crippen molar-refractivity contribution in [2.75, 3.05) is 0 Å². The second kappa shape index (κ2) is 6.82. The number of benzene rings is 2. The molecule has 0 aromatic heterocycles. The molecule has 0 bridgehead atoms. The van der Waals surface area contributed by atoms with Crippen LogP contribution in [-0.2, 0) is 21.5 Å². The van der Waals surface area contributed by atoms with E-state index in [0.717, 1.165) is 10.0 Å². The fourth-order valence-electron chi connectivity index (χ4n) is 1.50. The largest absolute Gasteiger partial charge is 0.282 e. The molecule has 2 aromatic rings. The Bertz CT molecular complexity index is 690. The highest BCUT2D eigenvalue weighted by molar-refractivity contribution is 9.11. The molecule has 0 saturated heterocycles. The highest BCUT2D eigenvalue weighted by atomic mass is 79.9. The first-order valence-electron chi connectivity index (χ1n) is 5.61. The van der Waals surface area contributed by atoms with Gasteiger partial charge in [0, 0.05) is 8.95 Å². The lowest BCUT2D eigenvalue weighted by Crippen LogP contribution is -2.24. The second-order valence-corrected chi connectivity index (χ2v) is 7.32. The third-order valence-electron chi connectivity index (χ3n) is 2.43. The molecule has 20 heavy (non-hydrogen) atoms. The molecule has 4 nitrogen and oxygen atoms in total. The van der Waals surface area contributed by atoms with E-state index in [4.69, 9.17) is 4.84 Å². The Morgan fingerprint density at radius 2 is 1.75 bits per heavy atom. The van der Waals surface area contributed by atoms with E-state index >= 15 is 0 Å². The quantitative estimate of drug-likeness (QED) is 0.751. The van der Waals surface area contributed by atoms with Crippen molar-refractivity contribution in [3.63, 3.8) is 0 Å². The molecule has 7 heteroatoms. The molecule has 0 unspecified atom stereocenters. The molecular formula is C13H11Br2NO3S. The van der Waals surface area contributed by atoms with Crippen molar-refractivity contribution in [1.29, 1.82) is 0 Å². The maximum absolute atomic E-state index is 12.1. The summed E-state index contributed by atoms with van der Waals surface area (Å²) in [4.78, 5) is 7.28. The Kier molecular flexibility index (Phi) is 5.34. The molecule has 0 spiro atoms. The Morgan fingerprint density at radius 1 is 1.05 bits per heavy atom. The molecule has 0 radical (unpaired) electrons. The summed E-state index contributed by atoms with van der Waals surface area (Å²) in [6.07, 6.45) is 0. The van der Waals surface area contributed by atoms with E-state index < -0.39 is 10.0 Å². The van der Waals surface area contributed by atoms with Crippen LogP contribution in [0.5, 0.6) is 0 Å². The first kappa shape index (κ1) is 15.7. The van der Waals surface area contributed by atoms with Gasteiger partial charge in [0.05, 0.1) is 11.5 Å². The SMILES string of the molecule is O=S(=O)(NOCc1ccccc1)c1ccc(Br)cc1Br. The topological polar surface area (TPSA) is 55.4 Å². The third-order valence-corrected chi connectivity index (χ3v) is 5.12. The van der Waals surface area contributed by atoms with E-state index in [1.807, 2.05) is 30.3 Å². The van der Waals surface area contributed by atoms with E-state index in [-0.39, 0.29) is 11.5 Å². The highest BCUT2D eigenvalue weighted by Crippen LogP contribution is 2.25. The van der Waals surface area contributed by atoms with Crippen LogP contribution in [0, 0.1) is 0 Å². The Labute approximate surface area is 134 Å². The fraction of sp³-hybridized carbons (Fsp3) is 0.0769. The van der Waals surface area contributed by atoms with Crippen LogP contribution in [0.25, 0.3) is 0 Å². The van der Waals surface area contributed by atoms with Crippen LogP contribution in [0.3, 0.4) is 0 Å². The Morgan fingerprint density at radius 3 is 2.40 bits per heavy atom. The summed E-state index contributed by atoms with van der Waals surface area (Å²) in [7, 11) is -3.72. The van der Waals surface area contributed by atoms with Crippen molar-refractivity contribution in [1.82, 2.24) is 4.89 Å². The summed E-state index contributed by atoms with van der Waals surface area (Å²) < 4.78 is 25.4. The summed E-state index contributed by atoms with van der Waals surface area (Å²) >= 11 is 6.48. The predicted molar refractivity (Wildman–Crippen MR) is 83.4 cm³/mol. The number of rotatable bonds is 5. The summed E-state index contributed by atoms with van der Waals surface area (Å²) in [6.45, 7) is 0.161. The predicted octanol–water partition coefficient (Wildman–Crippen LogP) is 3.62. The van der Waals surface area contributed by atoms with Crippen LogP contribution >= 0.6 is 31.9 Å². The summed E-state index contributed by atoms with van der Waals surface area (Å²) in [6, 6.07) is 14.1. The van der Waals surface area contributed by atoms with Crippen LogP contribution in [0.15, 0.2) is 62.4 Å². The van der Waals surface area contributed by atoms with Crippen molar-refractivity contribution >= 4 is 41.9 Å². The number of nitrogens with one attached hydrogen (secondary N) is 1. The zero-order valence-electron chi connectivity index (χ0n) is 10.2. The minimum Gasteiger partial charge on any atom is -0.282 e. The first-order chi connectivity index (χ1) is 9.49. The highest BCUT2D eigenvalue weighted by Gasteiger charge is 2.17. The van der Waals surface area contributed by atoms with Gasteiger partial charge < -0.3 is 0 Å². The lowest BCUT2D eigenvalue weighted by atomic mass is 10.2. The Balaban J connectivity index is 2.04. The summed E-state index contributed by atoms with van der Waals surface area (Å²) in [5.74, 6) is 0. The zero-order chi connectivity index (χ0) is 14.6. The maximum atomic E-state index is 12.1. The molecule has 2 rings (SSSR count). The minimum atomic E-state index is -3.72. The van der Waals surface area contributed by atoms with E-state index in [2.05, 4.69) is 36.7 Å². The van der Waals surface area contributed by atoms with E-state index in [1.54, 1.807) is 12.1 Å². The van der Waals surface area contributed by atoms with Gasteiger partial charge in [0.1, 0.15) is 0 Å². The molecule has 0 aliphatic heterocycles. The first-order valence-corrected chi connectivity index (χ1v) is 8.68. The molecule has 2 aromatic carbocycles. The molecule has 0 saturated carbocycles. The molecule has 0 fully saturated rings. The summed E-state index contributed by atoms with van der Waals surface area (Å²) in [5, 5.41) is 0. The lowest BCUT2D eigenvalue weighted by Gasteiger charge is -2.09. The molecule has 0 amide bonds. The van der Waals surface area contributed by atoms with Crippen molar-refractivity contribution < 1.29 is 13.3 Å². The molecule has 0 atom stereocenters. The van der Waals surface area contributed by atoms with Gasteiger partial charge in [0.15, 0.2) is 0 Å². The minimum absolute atomic E-state index is 0.119. The number of hydrogen-bond acceptors (Lipinski definition) is 3. The van der Waals surface area contributed by atoms with Gasteiger partial charge in [0.2, 0.25) is 0 Å². The number of sulfonamides is 1. The number of halogens is 2. The van der Waals surface area contributed by atoms with Crippen molar-refractivity contribution in [3.05, 3.63) is 63.0 Å². The van der Waals surface area contributed by atoms with E-state index in [0.29, 0.717) is 4.47 Å². The van der Waals surface area contributed by atoms with E-state index in [9.17, 15) is 8.42 Å². The third kappa shape index (κ3) is 4.13. The van der Waals surface area contributed by atoms with Gasteiger partial charge in [-0.1, -0.05) is 51.1 Å². The average molecular weight is 421 g/mol. The molecule has 0 aliphatic rings. The molecule has 106 valence electrons. The molecule has 1 N–H and O–H groups in total. The zero-order valence-corrected chi connectivity index (χ0v) is 14.2. The van der Waals surface area contributed by atoms with Crippen LogP contribution in [0.4, 0.5) is 0 Å². The van der Waals surface area contributed by atoms with Crippen molar-refractivity contribution in [2.45, 2.75) is 11.5 Å². The van der Waals surface area contributed by atoms with Crippen molar-refractivity contribution in [3.8, 4) is 0 Å². The van der Waals surface area contributed by atoms with Gasteiger partial charge in [0.25, 0.3) is 10.0 Å². The van der Waals surface area contributed by atoms with Gasteiger partial charge in [-0.25, -0.2) is 8.42 Å². The van der Waals surface area contributed by atoms with E-state index in [1.165, 1.54) is 6.07 Å². The van der Waals surface area contributed by atoms with Crippen LogP contribution in [0.2, 0.25) is 0 Å². The maximum Gasteiger partial charge on any atom is 0.263 e. The lowest BCUT2D eigenvalue weighted by molar-refractivity contribution is 0.0795. The molecule has 0 aliphatic carbocycles. The van der Waals surface area contributed by atoms with Crippen LogP contribution in [0.1, 0.15) is 5.56 Å². The van der Waals surface area contributed by atoms with Crippen LogP contribution < -0.4 is 4.89 Å². The smallest absolute Gasteiger partial charge is 0.263 e. The van der Waals surface area contributed by atoms with Gasteiger partial charge >= 0.3 is 0 Å². The Hall–Kier alpha value is -0.730. The standard InChI is InChI=1S/C13H11Br2NO3S/c14-11-6-7-13(12(15)8-11)20(17,18)16-19-9-10-4-2-1-3-5-10/h1-8,16H,9H2. The van der Waals surface area contributed by atoms with Gasteiger partial charge in [-0.2, -0.15) is 0 Å². The number of hydrogen-bond donors (Lipinski definition) is 1. The normalized spacial score (nSPS) is 11.5. The average Bonchev–Trinajstić information content (AvgIpc) is 2.39. The van der Waals surface area contributed by atoms with Crippen LogP contribution in [-0.4, -0.2) is 8.42 Å². The fourth-order valence-corrected chi connectivity index (χ4v) is 4.06. The summed E-state index contributed by atoms with van der Waals surface area (Å²) in [5.41, 5.74) is 0.880. The van der Waals surface area contributed by atoms with Crippen molar-refractivity contribution in [2.24, 2.45) is 0 Å². The second-order valence-electron chi connectivity index (χ2n) is 3.94. The van der Waals surface area contributed by atoms with Gasteiger partial charge in [-0.15, -0.1) is 0 Å². The van der Waals surface area contributed by atoms with Gasteiger partial charge in [-0.3, -0.25) is 4.84 Å². The monoisotopic (exact) mass is 419 g/mol. The van der Waals surface area contributed by atoms with Gasteiger partial charge in [-0.05, 0) is 39.7 Å². The molecular weight excluding hydrogens is 410 g/mol. The molecule has 0 heterocycles.